The monoisotopic (exact) mass is 762 g/mol. The number of benzene rings is 7. The molecule has 2 aliphatic carbocycles. The summed E-state index contributed by atoms with van der Waals surface area (Å²) in [6.45, 7) is 4.91. The van der Waals surface area contributed by atoms with E-state index in [2.05, 4.69) is 141 Å². The third-order valence-electron chi connectivity index (χ3n) is 13.0. The van der Waals surface area contributed by atoms with Crippen molar-refractivity contribution in [2.24, 2.45) is 17.8 Å². The second-order valence-electron chi connectivity index (χ2n) is 17.2. The summed E-state index contributed by atoms with van der Waals surface area (Å²) >= 11 is 0. The molecule has 2 aliphatic rings. The zero-order valence-corrected chi connectivity index (χ0v) is 33.6. The van der Waals surface area contributed by atoms with Crippen LogP contribution in [0, 0.1) is 29.1 Å². The minimum absolute atomic E-state index is 0.283. The van der Waals surface area contributed by atoms with Crippen molar-refractivity contribution < 1.29 is 0 Å². The van der Waals surface area contributed by atoms with E-state index in [1.54, 1.807) is 0 Å². The van der Waals surface area contributed by atoms with E-state index in [0.29, 0.717) is 23.0 Å². The van der Waals surface area contributed by atoms with Gasteiger partial charge in [-0.15, -0.1) is 0 Å². The van der Waals surface area contributed by atoms with E-state index >= 15 is 0 Å². The maximum absolute atomic E-state index is 9.20. The predicted octanol–water partition coefficient (Wildman–Crippen LogP) is 14.0. The smallest absolute Gasteiger partial charge is 0.164 e. The van der Waals surface area contributed by atoms with Gasteiger partial charge in [0.05, 0.1) is 11.6 Å². The third-order valence-corrected chi connectivity index (χ3v) is 13.0. The van der Waals surface area contributed by atoms with E-state index in [0.717, 1.165) is 56.7 Å². The van der Waals surface area contributed by atoms with Crippen molar-refractivity contribution >= 4 is 10.8 Å². The first-order valence-corrected chi connectivity index (χ1v) is 21.1. The maximum atomic E-state index is 9.20. The van der Waals surface area contributed by atoms with Crippen LogP contribution in [0.2, 0.25) is 0 Å². The van der Waals surface area contributed by atoms with E-state index in [1.165, 1.54) is 59.6 Å². The topological polar surface area (TPSA) is 62.5 Å². The molecule has 2 bridgehead atoms. The van der Waals surface area contributed by atoms with Gasteiger partial charge in [-0.2, -0.15) is 5.26 Å². The van der Waals surface area contributed by atoms with Crippen LogP contribution in [-0.4, -0.2) is 15.0 Å². The summed E-state index contributed by atoms with van der Waals surface area (Å²) in [5.74, 6) is 4.43. The Kier molecular flexibility index (Phi) is 9.46. The molecular formula is C55H46N4. The lowest BCUT2D eigenvalue weighted by Gasteiger charge is -2.50. The number of hydrogen-bond donors (Lipinski definition) is 0. The fourth-order valence-electron chi connectivity index (χ4n) is 10.6. The van der Waals surface area contributed by atoms with Crippen LogP contribution in [0.1, 0.15) is 57.1 Å². The van der Waals surface area contributed by atoms with Crippen LogP contribution in [0.25, 0.3) is 78.3 Å². The molecule has 0 spiro atoms. The van der Waals surface area contributed by atoms with Crippen molar-refractivity contribution in [2.45, 2.75) is 51.4 Å². The quantitative estimate of drug-likeness (QED) is 0.162. The van der Waals surface area contributed by atoms with Crippen LogP contribution >= 0.6 is 0 Å². The molecule has 2 unspecified atom stereocenters. The number of fused-ring (bicyclic) bond motifs is 3. The van der Waals surface area contributed by atoms with Crippen LogP contribution in [-0.2, 0) is 5.41 Å². The van der Waals surface area contributed by atoms with E-state index in [9.17, 15) is 5.26 Å². The number of nitrogens with zero attached hydrogens (tertiary/aromatic N) is 4. The minimum atomic E-state index is 0.283. The molecular weight excluding hydrogens is 717 g/mol. The highest BCUT2D eigenvalue weighted by Gasteiger charge is 2.45. The van der Waals surface area contributed by atoms with Crippen LogP contribution in [0.3, 0.4) is 0 Å². The second kappa shape index (κ2) is 15.2. The summed E-state index contributed by atoms with van der Waals surface area (Å²) in [6, 6.07) is 59.9. The molecule has 1 aromatic heterocycles. The van der Waals surface area contributed by atoms with Gasteiger partial charge in [0.25, 0.3) is 0 Å². The molecule has 286 valence electrons. The molecule has 8 aromatic rings. The average molecular weight is 763 g/mol. The average Bonchev–Trinajstić information content (AvgIpc) is 3.28. The fourth-order valence-corrected chi connectivity index (χ4v) is 10.6. The summed E-state index contributed by atoms with van der Waals surface area (Å²) < 4.78 is 0. The maximum Gasteiger partial charge on any atom is 0.164 e. The van der Waals surface area contributed by atoms with Gasteiger partial charge >= 0.3 is 0 Å². The molecule has 0 amide bonds. The van der Waals surface area contributed by atoms with E-state index in [-0.39, 0.29) is 5.41 Å². The molecule has 4 atom stereocenters. The van der Waals surface area contributed by atoms with Crippen molar-refractivity contribution in [2.75, 3.05) is 0 Å². The predicted molar refractivity (Wildman–Crippen MR) is 241 cm³/mol. The standard InChI is InChI=1S/C55H46N4/c1-36-30-39-31-37(2)33-55(32-36,34-39)47-26-24-46(25-27-47)54-58-52(44-8-4-3-5-9-44)57-53(59-54)45-22-20-43(21-23-45)49-29-28-48(50-10-6-7-11-51(49)50)42-18-16-41(17-19-42)40-14-12-38(35-56)13-15-40/h3-29,36-37,39H,30-34H2,1-2H3/t36-,37+,39?,55?. The zero-order chi connectivity index (χ0) is 39.9. The number of nitriles is 1. The Hall–Kier alpha value is -6.70. The first kappa shape index (κ1) is 36.6. The van der Waals surface area contributed by atoms with Crippen molar-refractivity contribution in [1.29, 1.82) is 5.26 Å². The molecule has 59 heavy (non-hydrogen) atoms. The molecule has 10 rings (SSSR count). The largest absolute Gasteiger partial charge is 0.208 e. The van der Waals surface area contributed by atoms with E-state index in [4.69, 9.17) is 15.0 Å². The Bertz CT molecular complexity index is 2800. The highest BCUT2D eigenvalue weighted by molar-refractivity contribution is 6.05. The molecule has 2 fully saturated rings. The first-order chi connectivity index (χ1) is 28.9. The first-order valence-electron chi connectivity index (χ1n) is 21.1. The lowest BCUT2D eigenvalue weighted by molar-refractivity contribution is 0.0780. The van der Waals surface area contributed by atoms with Crippen molar-refractivity contribution in [3.63, 3.8) is 0 Å². The van der Waals surface area contributed by atoms with Crippen molar-refractivity contribution in [1.82, 2.24) is 15.0 Å². The van der Waals surface area contributed by atoms with Gasteiger partial charge in [-0.1, -0.05) is 166 Å². The Morgan fingerprint density at radius 2 is 0.847 bits per heavy atom. The van der Waals surface area contributed by atoms with Crippen LogP contribution < -0.4 is 0 Å². The van der Waals surface area contributed by atoms with Crippen molar-refractivity contribution in [3.8, 4) is 73.6 Å². The van der Waals surface area contributed by atoms with E-state index in [1.807, 2.05) is 42.5 Å². The summed E-state index contributed by atoms with van der Waals surface area (Å²) in [7, 11) is 0. The highest BCUT2D eigenvalue weighted by Crippen LogP contribution is 2.54. The van der Waals surface area contributed by atoms with Gasteiger partial charge in [-0.05, 0) is 117 Å². The SMILES string of the molecule is C[C@@H]1CC2C[C@H](C)CC(c3ccc(-c4nc(-c5ccccc5)nc(-c5ccc(-c6ccc(-c7ccc(-c8ccc(C#N)cc8)cc7)c7ccccc67)cc5)n4)cc3)(C2)C1. The van der Waals surface area contributed by atoms with E-state index < -0.39 is 0 Å². The minimum Gasteiger partial charge on any atom is -0.208 e. The molecule has 0 saturated heterocycles. The van der Waals surface area contributed by atoms with Gasteiger partial charge in [-0.25, -0.2) is 15.0 Å². The van der Waals surface area contributed by atoms with Gasteiger partial charge in [0.1, 0.15) is 0 Å². The molecule has 2 saturated carbocycles. The lowest BCUT2D eigenvalue weighted by atomic mass is 9.54. The van der Waals surface area contributed by atoms with Gasteiger partial charge in [-0.3, -0.25) is 0 Å². The van der Waals surface area contributed by atoms with Crippen LogP contribution in [0.5, 0.6) is 0 Å². The zero-order valence-electron chi connectivity index (χ0n) is 33.6. The molecule has 1 heterocycles. The van der Waals surface area contributed by atoms with Gasteiger partial charge in [0.15, 0.2) is 17.5 Å². The van der Waals surface area contributed by atoms with Gasteiger partial charge in [0, 0.05) is 16.7 Å². The number of aromatic nitrogens is 3. The lowest BCUT2D eigenvalue weighted by Crippen LogP contribution is -2.42. The number of hydrogen-bond acceptors (Lipinski definition) is 4. The van der Waals surface area contributed by atoms with Gasteiger partial charge in [0.2, 0.25) is 0 Å². The normalized spacial score (nSPS) is 19.9. The van der Waals surface area contributed by atoms with Gasteiger partial charge < -0.3 is 0 Å². The Morgan fingerprint density at radius 3 is 1.34 bits per heavy atom. The Balaban J connectivity index is 0.967. The summed E-state index contributed by atoms with van der Waals surface area (Å²) in [6.07, 6.45) is 6.64. The molecule has 4 nitrogen and oxygen atoms in total. The molecule has 0 radical (unpaired) electrons. The van der Waals surface area contributed by atoms with Crippen LogP contribution in [0.15, 0.2) is 164 Å². The molecule has 7 aromatic carbocycles. The Morgan fingerprint density at radius 1 is 0.441 bits per heavy atom. The van der Waals surface area contributed by atoms with Crippen LogP contribution in [0.4, 0.5) is 0 Å². The molecule has 0 N–H and O–H groups in total. The van der Waals surface area contributed by atoms with Crippen molar-refractivity contribution in [3.05, 3.63) is 175 Å². The number of rotatable bonds is 7. The summed E-state index contributed by atoms with van der Waals surface area (Å²) in [5.41, 5.74) is 12.3. The highest BCUT2D eigenvalue weighted by atomic mass is 15.0. The second-order valence-corrected chi connectivity index (χ2v) is 17.2. The fraction of sp³-hybridized carbons (Fsp3) is 0.200. The Labute approximate surface area is 347 Å². The third kappa shape index (κ3) is 7.12. The molecule has 4 heteroatoms. The molecule has 0 aliphatic heterocycles. The summed E-state index contributed by atoms with van der Waals surface area (Å²) in [4.78, 5) is 15.2. The summed E-state index contributed by atoms with van der Waals surface area (Å²) in [5, 5.41) is 11.6.